The molecule has 8 nitrogen and oxygen atoms in total. The van der Waals surface area contributed by atoms with Gasteiger partial charge in [0.25, 0.3) is 5.91 Å². The van der Waals surface area contributed by atoms with Gasteiger partial charge in [0.1, 0.15) is 17.3 Å². The molecule has 3 fully saturated rings. The maximum atomic E-state index is 14.6. The van der Waals surface area contributed by atoms with Crippen molar-refractivity contribution < 1.29 is 19.1 Å². The Labute approximate surface area is 286 Å². The molecule has 3 aliphatic heterocycles. The molecule has 3 saturated heterocycles. The normalized spacial score (nSPS) is 20.6. The average molecular weight is 653 g/mol. The molecule has 248 valence electrons. The van der Waals surface area contributed by atoms with Crippen LogP contribution in [0.3, 0.4) is 0 Å². The van der Waals surface area contributed by atoms with Crippen molar-refractivity contribution in [3.63, 3.8) is 0 Å². The van der Waals surface area contributed by atoms with Crippen LogP contribution in [0.2, 0.25) is 0 Å². The first-order valence-electron chi connectivity index (χ1n) is 16.8. The van der Waals surface area contributed by atoms with Crippen LogP contribution in [0.15, 0.2) is 134 Å². The van der Waals surface area contributed by atoms with Gasteiger partial charge in [-0.3, -0.25) is 20.1 Å². The molecule has 3 aliphatic rings. The molecule has 4 heterocycles. The molecule has 1 aromatic heterocycles. The number of hydrogen-bond acceptors (Lipinski definition) is 6. The summed E-state index contributed by atoms with van der Waals surface area (Å²) >= 11 is 0. The number of nitrogens with one attached hydrogen (secondary N) is 2. The molecule has 0 aliphatic carbocycles. The van der Waals surface area contributed by atoms with Crippen molar-refractivity contribution in [2.45, 2.75) is 30.4 Å². The minimum absolute atomic E-state index is 0.0646. The van der Waals surface area contributed by atoms with Gasteiger partial charge in [0.15, 0.2) is 0 Å². The number of aromatic nitrogens is 1. The number of fused-ring (bicyclic) bond motifs is 4. The van der Waals surface area contributed by atoms with Crippen molar-refractivity contribution in [1.82, 2.24) is 20.7 Å². The highest BCUT2D eigenvalue weighted by atomic mass is 16.6. The fourth-order valence-corrected chi connectivity index (χ4v) is 7.87. The van der Waals surface area contributed by atoms with E-state index in [4.69, 9.17) is 9.47 Å². The van der Waals surface area contributed by atoms with E-state index in [-0.39, 0.29) is 6.04 Å². The summed E-state index contributed by atoms with van der Waals surface area (Å²) in [6.07, 6.45) is 4.34. The van der Waals surface area contributed by atoms with Crippen LogP contribution in [-0.4, -0.2) is 48.1 Å². The zero-order valence-electron chi connectivity index (χ0n) is 27.5. The van der Waals surface area contributed by atoms with Crippen LogP contribution in [-0.2, 0) is 14.9 Å². The van der Waals surface area contributed by atoms with E-state index < -0.39 is 23.5 Å². The van der Waals surface area contributed by atoms with E-state index >= 15 is 0 Å². The second-order valence-corrected chi connectivity index (χ2v) is 12.8. The van der Waals surface area contributed by atoms with Gasteiger partial charge in [0, 0.05) is 23.7 Å². The highest BCUT2D eigenvalue weighted by molar-refractivity contribution is 5.96. The van der Waals surface area contributed by atoms with E-state index in [0.717, 1.165) is 59.1 Å². The van der Waals surface area contributed by atoms with Crippen molar-refractivity contribution in [1.29, 1.82) is 0 Å². The molecule has 2 amide bonds. The predicted octanol–water partition coefficient (Wildman–Crippen LogP) is 6.97. The third-order valence-electron chi connectivity index (χ3n) is 10.3. The minimum atomic E-state index is -1.26. The lowest BCUT2D eigenvalue weighted by Gasteiger charge is -2.51. The summed E-state index contributed by atoms with van der Waals surface area (Å²) in [5.74, 6) is 1.12. The van der Waals surface area contributed by atoms with Crippen LogP contribution in [0.5, 0.6) is 5.75 Å². The molecule has 49 heavy (non-hydrogen) atoms. The van der Waals surface area contributed by atoms with Gasteiger partial charge in [-0.1, -0.05) is 97.1 Å². The van der Waals surface area contributed by atoms with Crippen LogP contribution in [0.4, 0.5) is 4.79 Å². The van der Waals surface area contributed by atoms with Crippen LogP contribution in [0, 0.1) is 11.8 Å². The summed E-state index contributed by atoms with van der Waals surface area (Å²) < 4.78 is 11.9. The molecular weight excluding hydrogens is 612 g/mol. The van der Waals surface area contributed by atoms with E-state index in [2.05, 4.69) is 33.4 Å². The Bertz CT molecular complexity index is 1840. The van der Waals surface area contributed by atoms with Crippen molar-refractivity contribution in [2.24, 2.45) is 11.8 Å². The third-order valence-corrected chi connectivity index (χ3v) is 10.3. The number of amides is 2. The predicted molar refractivity (Wildman–Crippen MR) is 190 cm³/mol. The molecule has 8 rings (SSSR count). The smallest absolute Gasteiger partial charge is 0.426 e. The van der Waals surface area contributed by atoms with Gasteiger partial charge in [-0.25, -0.2) is 10.2 Å². The maximum Gasteiger partial charge on any atom is 0.426 e. The summed E-state index contributed by atoms with van der Waals surface area (Å²) in [6, 6.07) is 36.4. The first-order chi connectivity index (χ1) is 24.0. The molecule has 8 heteroatoms. The number of carbonyl (C=O) groups excluding carboxylic acids is 2. The Balaban J connectivity index is 1.22. The minimum Gasteiger partial charge on any atom is -0.497 e. The molecule has 0 saturated carbocycles. The highest BCUT2D eigenvalue weighted by Gasteiger charge is 2.46. The number of ether oxygens (including phenoxy) is 2. The van der Waals surface area contributed by atoms with E-state index in [1.54, 1.807) is 13.3 Å². The molecule has 5 atom stereocenters. The third kappa shape index (κ3) is 6.04. The van der Waals surface area contributed by atoms with Gasteiger partial charge in [-0.05, 0) is 72.2 Å². The standard InChI is InChI=1S/C41H40N4O4/c1-3-28-27-45-24-22-29(28)25-37(45)38(34-21-23-42-36-20-19-33(48-2)26-35(34)36)49-40(47)44-43-39(46)41(30-13-7-4-8-14-30,31-15-9-5-10-16-31)32-17-11-6-12-18-32/h3-21,23,26,28-29,37-38H,1,22,24-25,27H2,2H3,(H,43,46)(H,44,47)/t28?,29?,37?,38-/m1/s1. The molecule has 0 radical (unpaired) electrons. The lowest BCUT2D eigenvalue weighted by molar-refractivity contribution is -0.125. The molecule has 4 unspecified atom stereocenters. The number of pyridine rings is 1. The first-order valence-corrected chi connectivity index (χ1v) is 16.8. The highest BCUT2D eigenvalue weighted by Crippen LogP contribution is 2.44. The summed E-state index contributed by atoms with van der Waals surface area (Å²) in [7, 11) is 1.63. The molecular formula is C41H40N4O4. The van der Waals surface area contributed by atoms with Gasteiger partial charge in [-0.15, -0.1) is 6.58 Å². The molecule has 2 N–H and O–H groups in total. The van der Waals surface area contributed by atoms with E-state index in [0.29, 0.717) is 17.6 Å². The molecule has 0 spiro atoms. The average Bonchev–Trinajstić information content (AvgIpc) is 3.17. The lowest BCUT2D eigenvalue weighted by Crippen LogP contribution is -2.56. The van der Waals surface area contributed by atoms with E-state index in [1.165, 1.54) is 0 Å². The number of rotatable bonds is 9. The Morgan fingerprint density at radius 1 is 0.898 bits per heavy atom. The van der Waals surface area contributed by atoms with Gasteiger partial charge in [0.05, 0.1) is 18.7 Å². The number of nitrogens with zero attached hydrogens (tertiary/aromatic N) is 2. The van der Waals surface area contributed by atoms with Crippen LogP contribution in [0.1, 0.15) is 41.2 Å². The van der Waals surface area contributed by atoms with Crippen LogP contribution < -0.4 is 15.6 Å². The Hall–Kier alpha value is -5.47. The van der Waals surface area contributed by atoms with Gasteiger partial charge >= 0.3 is 6.09 Å². The molecule has 2 bridgehead atoms. The quantitative estimate of drug-likeness (QED) is 0.102. The fraction of sp³-hybridized carbons (Fsp3) is 0.244. The molecule has 4 aromatic carbocycles. The SMILES string of the molecule is C=CC1CN2CCC1CC2[C@H](OC(=O)NNC(=O)C(c1ccccc1)(c1ccccc1)c1ccccc1)c1ccnc2ccc(OC)cc12. The number of hydrogen-bond donors (Lipinski definition) is 2. The second kappa shape index (κ2) is 13.9. The first kappa shape index (κ1) is 32.1. The Morgan fingerprint density at radius 3 is 2.08 bits per heavy atom. The number of hydrazine groups is 1. The summed E-state index contributed by atoms with van der Waals surface area (Å²) in [6.45, 7) is 5.85. The summed E-state index contributed by atoms with van der Waals surface area (Å²) in [5.41, 5.74) is 8.04. The van der Waals surface area contributed by atoms with Crippen LogP contribution >= 0.6 is 0 Å². The largest absolute Gasteiger partial charge is 0.497 e. The van der Waals surface area contributed by atoms with Gasteiger partial charge in [-0.2, -0.15) is 0 Å². The van der Waals surface area contributed by atoms with E-state index in [1.807, 2.05) is 115 Å². The van der Waals surface area contributed by atoms with E-state index in [9.17, 15) is 9.59 Å². The number of methoxy groups -OCH3 is 1. The zero-order valence-corrected chi connectivity index (χ0v) is 27.5. The maximum absolute atomic E-state index is 14.6. The number of benzene rings is 4. The fourth-order valence-electron chi connectivity index (χ4n) is 7.87. The lowest BCUT2D eigenvalue weighted by atomic mass is 9.69. The van der Waals surface area contributed by atoms with Crippen molar-refractivity contribution in [2.75, 3.05) is 20.2 Å². The monoisotopic (exact) mass is 652 g/mol. The Morgan fingerprint density at radius 2 is 1.53 bits per heavy atom. The van der Waals surface area contributed by atoms with Crippen molar-refractivity contribution >= 4 is 22.9 Å². The Kier molecular flexibility index (Phi) is 9.13. The summed E-state index contributed by atoms with van der Waals surface area (Å²) in [5, 5.41) is 0.850. The summed E-state index contributed by atoms with van der Waals surface area (Å²) in [4.78, 5) is 35.5. The molecule has 5 aromatic rings. The number of piperidine rings is 3. The van der Waals surface area contributed by atoms with Crippen molar-refractivity contribution in [3.05, 3.63) is 156 Å². The van der Waals surface area contributed by atoms with Gasteiger partial charge < -0.3 is 9.47 Å². The second-order valence-electron chi connectivity index (χ2n) is 12.8. The van der Waals surface area contributed by atoms with Crippen molar-refractivity contribution in [3.8, 4) is 5.75 Å². The zero-order chi connectivity index (χ0) is 33.8. The topological polar surface area (TPSA) is 92.8 Å². The van der Waals surface area contributed by atoms with Crippen LogP contribution in [0.25, 0.3) is 10.9 Å². The number of carbonyl (C=O) groups is 2. The van der Waals surface area contributed by atoms with Gasteiger partial charge in [0.2, 0.25) is 0 Å².